The van der Waals surface area contributed by atoms with Gasteiger partial charge in [0.05, 0.1) is 17.5 Å². The van der Waals surface area contributed by atoms with E-state index >= 15 is 0 Å². The number of fused-ring (bicyclic) bond motifs is 1. The van der Waals surface area contributed by atoms with Crippen LogP contribution in [0.25, 0.3) is 11.0 Å². The van der Waals surface area contributed by atoms with E-state index in [4.69, 9.17) is 5.11 Å². The fourth-order valence-corrected chi connectivity index (χ4v) is 1.67. The summed E-state index contributed by atoms with van der Waals surface area (Å²) in [5, 5.41) is 8.59. The lowest BCUT2D eigenvalue weighted by atomic mass is 10.1. The summed E-state index contributed by atoms with van der Waals surface area (Å²) >= 11 is 0. The number of hydrogen-bond donors (Lipinski definition) is 2. The highest BCUT2D eigenvalue weighted by Gasteiger charge is 2.05. The number of H-pyrrole nitrogens is 1. The maximum atomic E-state index is 10.4. The van der Waals surface area contributed by atoms with Gasteiger partial charge < -0.3 is 10.1 Å². The molecule has 2 rings (SSSR count). The molecule has 1 heterocycles. The summed E-state index contributed by atoms with van der Waals surface area (Å²) in [7, 11) is 0. The first-order valence-corrected chi connectivity index (χ1v) is 5.38. The van der Waals surface area contributed by atoms with Crippen molar-refractivity contribution in [3.8, 4) is 0 Å². The van der Waals surface area contributed by atoms with Gasteiger partial charge in [-0.15, -0.1) is 0 Å². The molecule has 4 heteroatoms. The molecule has 84 valence electrons. The van der Waals surface area contributed by atoms with E-state index in [1.54, 1.807) is 0 Å². The first kappa shape index (κ1) is 10.7. The predicted octanol–water partition coefficient (Wildman–Crippen LogP) is 2.14. The number of hydrogen-bond acceptors (Lipinski definition) is 2. The van der Waals surface area contributed by atoms with Crippen molar-refractivity contribution in [1.29, 1.82) is 0 Å². The summed E-state index contributed by atoms with van der Waals surface area (Å²) in [4.78, 5) is 17.9. The van der Waals surface area contributed by atoms with Crippen LogP contribution < -0.4 is 0 Å². The number of aromatic amines is 1. The van der Waals surface area contributed by atoms with Gasteiger partial charge in [-0.3, -0.25) is 4.79 Å². The molecule has 0 atom stereocenters. The van der Waals surface area contributed by atoms with Gasteiger partial charge in [-0.2, -0.15) is 0 Å². The third-order valence-corrected chi connectivity index (χ3v) is 2.58. The van der Waals surface area contributed by atoms with Crippen LogP contribution in [0.2, 0.25) is 0 Å². The topological polar surface area (TPSA) is 66.0 Å². The third kappa shape index (κ3) is 2.21. The Hall–Kier alpha value is -1.84. The van der Waals surface area contributed by atoms with Gasteiger partial charge in [0.1, 0.15) is 5.82 Å². The molecular weight excluding hydrogens is 204 g/mol. The van der Waals surface area contributed by atoms with E-state index in [2.05, 4.69) is 23.0 Å². The first-order chi connectivity index (χ1) is 7.69. The van der Waals surface area contributed by atoms with E-state index in [1.807, 2.05) is 12.1 Å². The normalized spacial score (nSPS) is 10.8. The van der Waals surface area contributed by atoms with Crippen LogP contribution in [0.4, 0.5) is 0 Å². The molecule has 0 aliphatic heterocycles. The number of carbonyl (C=O) groups is 1. The van der Waals surface area contributed by atoms with Crippen LogP contribution in [0.5, 0.6) is 0 Å². The Bertz CT molecular complexity index is 517. The number of nitrogens with one attached hydrogen (secondary N) is 1. The van der Waals surface area contributed by atoms with Crippen LogP contribution in [-0.2, 0) is 17.6 Å². The zero-order valence-corrected chi connectivity index (χ0v) is 9.16. The maximum Gasteiger partial charge on any atom is 0.303 e. The molecule has 0 fully saturated rings. The average Bonchev–Trinajstić information content (AvgIpc) is 2.67. The number of rotatable bonds is 4. The molecule has 0 spiro atoms. The summed E-state index contributed by atoms with van der Waals surface area (Å²) in [6, 6.07) is 6.08. The molecule has 0 amide bonds. The lowest BCUT2D eigenvalue weighted by Gasteiger charge is -1.94. The van der Waals surface area contributed by atoms with Gasteiger partial charge in [-0.1, -0.05) is 13.0 Å². The number of aliphatic carboxylic acids is 1. The Kier molecular flexibility index (Phi) is 2.90. The van der Waals surface area contributed by atoms with E-state index in [-0.39, 0.29) is 6.42 Å². The third-order valence-electron chi connectivity index (χ3n) is 2.58. The van der Waals surface area contributed by atoms with Crippen molar-refractivity contribution >= 4 is 17.0 Å². The second-order valence-electron chi connectivity index (χ2n) is 3.78. The molecular formula is C12H14N2O2. The molecule has 0 radical (unpaired) electrons. The Morgan fingerprint density at radius 3 is 3.00 bits per heavy atom. The minimum atomic E-state index is -0.797. The smallest absolute Gasteiger partial charge is 0.303 e. The Balaban J connectivity index is 2.25. The van der Waals surface area contributed by atoms with Crippen molar-refractivity contribution in [2.75, 3.05) is 0 Å². The lowest BCUT2D eigenvalue weighted by molar-refractivity contribution is -0.137. The average molecular weight is 218 g/mol. The lowest BCUT2D eigenvalue weighted by Crippen LogP contribution is -1.98. The summed E-state index contributed by atoms with van der Waals surface area (Å²) in [6.07, 6.45) is 1.55. The highest BCUT2D eigenvalue weighted by Crippen LogP contribution is 2.14. The fourth-order valence-electron chi connectivity index (χ4n) is 1.67. The number of imidazole rings is 1. The molecule has 0 aliphatic rings. The fraction of sp³-hybridized carbons (Fsp3) is 0.333. The van der Waals surface area contributed by atoms with Gasteiger partial charge in [0.15, 0.2) is 0 Å². The molecule has 0 saturated heterocycles. The number of aromatic nitrogens is 2. The first-order valence-electron chi connectivity index (χ1n) is 5.38. The molecule has 2 aromatic rings. The van der Waals surface area contributed by atoms with Gasteiger partial charge >= 0.3 is 5.97 Å². The van der Waals surface area contributed by atoms with Crippen molar-refractivity contribution in [2.45, 2.75) is 26.2 Å². The van der Waals surface area contributed by atoms with Gasteiger partial charge in [-0.25, -0.2) is 4.98 Å². The molecule has 16 heavy (non-hydrogen) atoms. The van der Waals surface area contributed by atoms with Gasteiger partial charge in [0, 0.05) is 6.42 Å². The summed E-state index contributed by atoms with van der Waals surface area (Å²) in [5.41, 5.74) is 3.14. The molecule has 0 aliphatic carbocycles. The van der Waals surface area contributed by atoms with E-state index in [0.29, 0.717) is 6.42 Å². The second-order valence-corrected chi connectivity index (χ2v) is 3.78. The summed E-state index contributed by atoms with van der Waals surface area (Å²) in [5.74, 6) is -0.0552. The quantitative estimate of drug-likeness (QED) is 0.826. The standard InChI is InChI=1S/C12H14N2O2/c1-2-8-3-4-9-10(7-8)14-11(13-9)5-6-12(15)16/h3-4,7H,2,5-6H2,1H3,(H,13,14)(H,15,16). The zero-order chi connectivity index (χ0) is 11.5. The monoisotopic (exact) mass is 218 g/mol. The van der Waals surface area contributed by atoms with E-state index in [1.165, 1.54) is 5.56 Å². The SMILES string of the molecule is CCc1ccc2nc(CCC(=O)O)[nH]c2c1. The van der Waals surface area contributed by atoms with Gasteiger partial charge in [0.25, 0.3) is 0 Å². The minimum Gasteiger partial charge on any atom is -0.481 e. The van der Waals surface area contributed by atoms with Crippen molar-refractivity contribution in [2.24, 2.45) is 0 Å². The maximum absolute atomic E-state index is 10.4. The highest BCUT2D eigenvalue weighted by molar-refractivity contribution is 5.76. The largest absolute Gasteiger partial charge is 0.481 e. The van der Waals surface area contributed by atoms with E-state index < -0.39 is 5.97 Å². The van der Waals surface area contributed by atoms with Crippen LogP contribution >= 0.6 is 0 Å². The van der Waals surface area contributed by atoms with E-state index in [9.17, 15) is 4.79 Å². The molecule has 1 aromatic carbocycles. The minimum absolute atomic E-state index is 0.112. The molecule has 1 aromatic heterocycles. The second kappa shape index (κ2) is 4.35. The number of carboxylic acid groups (broad SMARTS) is 1. The van der Waals surface area contributed by atoms with Crippen LogP contribution in [0.1, 0.15) is 24.7 Å². The molecule has 0 saturated carbocycles. The molecule has 2 N–H and O–H groups in total. The number of aryl methyl sites for hydroxylation is 2. The summed E-state index contributed by atoms with van der Waals surface area (Å²) < 4.78 is 0. The van der Waals surface area contributed by atoms with Crippen LogP contribution in [0, 0.1) is 0 Å². The Morgan fingerprint density at radius 1 is 1.50 bits per heavy atom. The number of benzene rings is 1. The van der Waals surface area contributed by atoms with Crippen molar-refractivity contribution in [3.63, 3.8) is 0 Å². The van der Waals surface area contributed by atoms with Crippen molar-refractivity contribution in [3.05, 3.63) is 29.6 Å². The van der Waals surface area contributed by atoms with Gasteiger partial charge in [-0.05, 0) is 24.1 Å². The number of carboxylic acids is 1. The van der Waals surface area contributed by atoms with Crippen molar-refractivity contribution < 1.29 is 9.90 Å². The molecule has 4 nitrogen and oxygen atoms in total. The van der Waals surface area contributed by atoms with Crippen molar-refractivity contribution in [1.82, 2.24) is 9.97 Å². The Labute approximate surface area is 93.3 Å². The molecule has 0 unspecified atom stereocenters. The molecule has 0 bridgehead atoms. The predicted molar refractivity (Wildman–Crippen MR) is 61.4 cm³/mol. The Morgan fingerprint density at radius 2 is 2.31 bits per heavy atom. The van der Waals surface area contributed by atoms with Crippen LogP contribution in [0.3, 0.4) is 0 Å². The number of nitrogens with zero attached hydrogens (tertiary/aromatic N) is 1. The van der Waals surface area contributed by atoms with E-state index in [0.717, 1.165) is 23.3 Å². The summed E-state index contributed by atoms with van der Waals surface area (Å²) in [6.45, 7) is 2.10. The van der Waals surface area contributed by atoms with Crippen LogP contribution in [0.15, 0.2) is 18.2 Å². The van der Waals surface area contributed by atoms with Crippen LogP contribution in [-0.4, -0.2) is 21.0 Å². The highest BCUT2D eigenvalue weighted by atomic mass is 16.4. The van der Waals surface area contributed by atoms with Gasteiger partial charge in [0.2, 0.25) is 0 Å². The zero-order valence-electron chi connectivity index (χ0n) is 9.16.